The predicted octanol–water partition coefficient (Wildman–Crippen LogP) is 1.64. The Hall–Kier alpha value is -1.59. The molecule has 0 aliphatic heterocycles. The molecule has 2 aromatic rings. The van der Waals surface area contributed by atoms with E-state index in [0.29, 0.717) is 25.4 Å². The summed E-state index contributed by atoms with van der Waals surface area (Å²) in [5, 5.41) is 17.5. The molecule has 1 atom stereocenters. The summed E-state index contributed by atoms with van der Waals surface area (Å²) in [7, 11) is 1.57. The third-order valence-electron chi connectivity index (χ3n) is 2.51. The number of aliphatic hydroxyl groups is 1. The molecule has 92 valence electrons. The second kappa shape index (κ2) is 5.65. The number of methoxy groups -OCH3 is 1. The fourth-order valence-electron chi connectivity index (χ4n) is 1.65. The van der Waals surface area contributed by atoms with Gasteiger partial charge in [0, 0.05) is 13.7 Å². The van der Waals surface area contributed by atoms with Crippen LogP contribution in [0, 0.1) is 0 Å². The van der Waals surface area contributed by atoms with Gasteiger partial charge in [-0.2, -0.15) is 0 Å². The lowest BCUT2D eigenvalue weighted by Gasteiger charge is -2.09. The van der Waals surface area contributed by atoms with Crippen LogP contribution in [-0.4, -0.2) is 36.6 Å². The number of para-hydroxylation sites is 1. The zero-order valence-corrected chi connectivity index (χ0v) is 9.72. The van der Waals surface area contributed by atoms with Crippen LogP contribution in [0.2, 0.25) is 0 Å². The first-order chi connectivity index (χ1) is 8.31. The Balaban J connectivity index is 1.91. The van der Waals surface area contributed by atoms with E-state index in [1.54, 1.807) is 7.11 Å². The van der Waals surface area contributed by atoms with E-state index in [2.05, 4.69) is 10.5 Å². The van der Waals surface area contributed by atoms with E-state index in [4.69, 9.17) is 9.26 Å². The van der Waals surface area contributed by atoms with E-state index in [1.807, 2.05) is 24.3 Å². The summed E-state index contributed by atoms with van der Waals surface area (Å²) in [5.41, 5.74) is 0.757. The van der Waals surface area contributed by atoms with Crippen molar-refractivity contribution in [3.63, 3.8) is 0 Å². The minimum absolute atomic E-state index is 0.348. The zero-order chi connectivity index (χ0) is 12.1. The summed E-state index contributed by atoms with van der Waals surface area (Å²) in [6, 6.07) is 7.65. The summed E-state index contributed by atoms with van der Waals surface area (Å²) < 4.78 is 10.0. The number of aromatic nitrogens is 1. The van der Waals surface area contributed by atoms with Crippen LogP contribution in [0.4, 0.5) is 5.82 Å². The number of nitrogens with one attached hydrogen (secondary N) is 1. The molecule has 0 spiro atoms. The summed E-state index contributed by atoms with van der Waals surface area (Å²) in [4.78, 5) is 0. The minimum atomic E-state index is -0.453. The van der Waals surface area contributed by atoms with Gasteiger partial charge in [0.15, 0.2) is 11.4 Å². The summed E-state index contributed by atoms with van der Waals surface area (Å²) in [6.07, 6.45) is 0.153. The van der Waals surface area contributed by atoms with E-state index in [9.17, 15) is 5.11 Å². The quantitative estimate of drug-likeness (QED) is 0.798. The molecular formula is C12H16N2O3. The number of fused-ring (bicyclic) bond motifs is 1. The summed E-state index contributed by atoms with van der Waals surface area (Å²) in [6.45, 7) is 0.975. The number of hydrogen-bond donors (Lipinski definition) is 2. The maximum Gasteiger partial charge on any atom is 0.177 e. The van der Waals surface area contributed by atoms with Crippen molar-refractivity contribution in [2.75, 3.05) is 25.6 Å². The van der Waals surface area contributed by atoms with Crippen molar-refractivity contribution in [1.29, 1.82) is 0 Å². The SMILES string of the molecule is COCC(O)CCNc1noc2ccccc12. The van der Waals surface area contributed by atoms with Crippen molar-refractivity contribution in [3.05, 3.63) is 24.3 Å². The van der Waals surface area contributed by atoms with Gasteiger partial charge in [0.05, 0.1) is 18.1 Å². The maximum atomic E-state index is 9.48. The Morgan fingerprint density at radius 2 is 2.29 bits per heavy atom. The van der Waals surface area contributed by atoms with Crippen molar-refractivity contribution in [2.24, 2.45) is 0 Å². The number of nitrogens with zero attached hydrogens (tertiary/aromatic N) is 1. The highest BCUT2D eigenvalue weighted by Crippen LogP contribution is 2.21. The molecule has 1 aromatic heterocycles. The van der Waals surface area contributed by atoms with E-state index < -0.39 is 6.10 Å². The molecule has 0 aliphatic carbocycles. The van der Waals surface area contributed by atoms with Crippen LogP contribution in [0.15, 0.2) is 28.8 Å². The second-order valence-electron chi connectivity index (χ2n) is 3.85. The number of benzene rings is 1. The van der Waals surface area contributed by atoms with E-state index in [0.717, 1.165) is 11.0 Å². The van der Waals surface area contributed by atoms with Crippen LogP contribution >= 0.6 is 0 Å². The van der Waals surface area contributed by atoms with Crippen molar-refractivity contribution in [3.8, 4) is 0 Å². The average molecular weight is 236 g/mol. The van der Waals surface area contributed by atoms with Gasteiger partial charge in [-0.15, -0.1) is 0 Å². The molecule has 5 heteroatoms. The first-order valence-electron chi connectivity index (χ1n) is 5.56. The molecule has 0 radical (unpaired) electrons. The van der Waals surface area contributed by atoms with Crippen molar-refractivity contribution < 1.29 is 14.4 Å². The zero-order valence-electron chi connectivity index (χ0n) is 9.72. The normalized spacial score (nSPS) is 12.8. The highest BCUT2D eigenvalue weighted by atomic mass is 16.5. The largest absolute Gasteiger partial charge is 0.391 e. The standard InChI is InChI=1S/C12H16N2O3/c1-16-8-9(15)6-7-13-12-10-4-2-3-5-11(10)17-14-12/h2-5,9,15H,6-8H2,1H3,(H,13,14). The number of hydrogen-bond acceptors (Lipinski definition) is 5. The van der Waals surface area contributed by atoms with Crippen LogP contribution in [0.1, 0.15) is 6.42 Å². The van der Waals surface area contributed by atoms with Crippen molar-refractivity contribution in [1.82, 2.24) is 5.16 Å². The van der Waals surface area contributed by atoms with Crippen molar-refractivity contribution >= 4 is 16.8 Å². The molecule has 0 amide bonds. The molecule has 2 N–H and O–H groups in total. The third-order valence-corrected chi connectivity index (χ3v) is 2.51. The number of rotatable bonds is 6. The van der Waals surface area contributed by atoms with Crippen molar-refractivity contribution in [2.45, 2.75) is 12.5 Å². The molecule has 0 aliphatic rings. The lowest BCUT2D eigenvalue weighted by Crippen LogP contribution is -2.18. The molecular weight excluding hydrogens is 220 g/mol. The smallest absolute Gasteiger partial charge is 0.177 e. The Labute approximate surface area is 99.4 Å². The highest BCUT2D eigenvalue weighted by Gasteiger charge is 2.07. The van der Waals surface area contributed by atoms with Gasteiger partial charge in [-0.05, 0) is 18.6 Å². The van der Waals surface area contributed by atoms with Gasteiger partial charge in [0.2, 0.25) is 0 Å². The van der Waals surface area contributed by atoms with E-state index in [-0.39, 0.29) is 0 Å². The van der Waals surface area contributed by atoms with Gasteiger partial charge in [-0.1, -0.05) is 17.3 Å². The Kier molecular flexibility index (Phi) is 3.95. The number of anilines is 1. The maximum absolute atomic E-state index is 9.48. The van der Waals surface area contributed by atoms with Gasteiger partial charge in [0.25, 0.3) is 0 Å². The lowest BCUT2D eigenvalue weighted by atomic mass is 10.2. The van der Waals surface area contributed by atoms with Gasteiger partial charge in [-0.3, -0.25) is 0 Å². The second-order valence-corrected chi connectivity index (χ2v) is 3.85. The molecule has 0 saturated carbocycles. The fraction of sp³-hybridized carbons (Fsp3) is 0.417. The molecule has 5 nitrogen and oxygen atoms in total. The molecule has 17 heavy (non-hydrogen) atoms. The number of aliphatic hydroxyl groups excluding tert-OH is 1. The van der Waals surface area contributed by atoms with Crippen LogP contribution < -0.4 is 5.32 Å². The van der Waals surface area contributed by atoms with Crippen LogP contribution in [0.3, 0.4) is 0 Å². The molecule has 1 heterocycles. The van der Waals surface area contributed by atoms with E-state index >= 15 is 0 Å². The summed E-state index contributed by atoms with van der Waals surface area (Å²) in [5.74, 6) is 0.713. The minimum Gasteiger partial charge on any atom is -0.391 e. The molecule has 0 saturated heterocycles. The Morgan fingerprint density at radius 3 is 3.12 bits per heavy atom. The Morgan fingerprint density at radius 1 is 1.47 bits per heavy atom. The fourth-order valence-corrected chi connectivity index (χ4v) is 1.65. The monoisotopic (exact) mass is 236 g/mol. The van der Waals surface area contributed by atoms with Gasteiger partial charge >= 0.3 is 0 Å². The molecule has 2 rings (SSSR count). The molecule has 0 bridgehead atoms. The van der Waals surface area contributed by atoms with Crippen LogP contribution in [0.25, 0.3) is 11.0 Å². The van der Waals surface area contributed by atoms with Gasteiger partial charge < -0.3 is 19.7 Å². The van der Waals surface area contributed by atoms with Crippen LogP contribution in [0.5, 0.6) is 0 Å². The molecule has 1 unspecified atom stereocenters. The topological polar surface area (TPSA) is 67.5 Å². The lowest BCUT2D eigenvalue weighted by molar-refractivity contribution is 0.0615. The molecule has 1 aromatic carbocycles. The summed E-state index contributed by atoms with van der Waals surface area (Å²) >= 11 is 0. The molecule has 0 fully saturated rings. The number of ether oxygens (including phenoxy) is 1. The van der Waals surface area contributed by atoms with E-state index in [1.165, 1.54) is 0 Å². The van der Waals surface area contributed by atoms with Crippen LogP contribution in [-0.2, 0) is 4.74 Å². The third kappa shape index (κ3) is 2.95. The Bertz CT molecular complexity index is 469. The predicted molar refractivity (Wildman–Crippen MR) is 65.0 cm³/mol. The highest BCUT2D eigenvalue weighted by molar-refractivity contribution is 5.87. The average Bonchev–Trinajstić information content (AvgIpc) is 2.73. The van der Waals surface area contributed by atoms with Gasteiger partial charge in [0.1, 0.15) is 0 Å². The van der Waals surface area contributed by atoms with Gasteiger partial charge in [-0.25, -0.2) is 0 Å². The first-order valence-corrected chi connectivity index (χ1v) is 5.56. The first kappa shape index (κ1) is 11.9.